The number of hydrogen-bond donors (Lipinski definition) is 1. The van der Waals surface area contributed by atoms with Crippen LogP contribution in [0.1, 0.15) is 16.7 Å². The summed E-state index contributed by atoms with van der Waals surface area (Å²) in [6.45, 7) is 0.0537. The van der Waals surface area contributed by atoms with Gasteiger partial charge in [0, 0.05) is 26.6 Å². The lowest BCUT2D eigenvalue weighted by atomic mass is 10.0. The Morgan fingerprint density at radius 3 is 1.97 bits per heavy atom. The molecule has 0 aliphatic carbocycles. The number of hydrogen-bond acceptors (Lipinski definition) is 5. The van der Waals surface area contributed by atoms with Crippen molar-refractivity contribution in [3.05, 3.63) is 102 Å². The van der Waals surface area contributed by atoms with Crippen molar-refractivity contribution in [2.45, 2.75) is 25.6 Å². The molecule has 0 aliphatic heterocycles. The van der Waals surface area contributed by atoms with E-state index >= 15 is 0 Å². The van der Waals surface area contributed by atoms with Crippen molar-refractivity contribution in [2.24, 2.45) is 0 Å². The molecule has 0 saturated heterocycles. The standard InChI is InChI=1S/C28H33N3O5S/c1-30(37(3,34)35)21-27(32)31(20-24-12-8-5-9-13-24)26(18-22-10-6-4-7-11-22)28(33)29-19-23-14-16-25(36-2)17-15-23/h4-17,26H,18-21H2,1-3H3,(H,29,33)/t26-/m1/s1. The van der Waals surface area contributed by atoms with E-state index < -0.39 is 22.0 Å². The van der Waals surface area contributed by atoms with E-state index in [9.17, 15) is 18.0 Å². The first-order valence-electron chi connectivity index (χ1n) is 11.9. The van der Waals surface area contributed by atoms with Gasteiger partial charge in [-0.2, -0.15) is 4.31 Å². The van der Waals surface area contributed by atoms with Gasteiger partial charge in [0.2, 0.25) is 21.8 Å². The van der Waals surface area contributed by atoms with E-state index in [2.05, 4.69) is 5.32 Å². The summed E-state index contributed by atoms with van der Waals surface area (Å²) in [5.74, 6) is -0.0741. The smallest absolute Gasteiger partial charge is 0.243 e. The average molecular weight is 524 g/mol. The van der Waals surface area contributed by atoms with Crippen LogP contribution in [-0.2, 0) is 39.1 Å². The number of rotatable bonds is 12. The number of amides is 2. The van der Waals surface area contributed by atoms with E-state index in [-0.39, 0.29) is 32.0 Å². The lowest BCUT2D eigenvalue weighted by molar-refractivity contribution is -0.141. The van der Waals surface area contributed by atoms with E-state index in [4.69, 9.17) is 4.74 Å². The second kappa shape index (κ2) is 13.0. The van der Waals surface area contributed by atoms with Gasteiger partial charge in [-0.15, -0.1) is 0 Å². The van der Waals surface area contributed by atoms with Crippen molar-refractivity contribution < 1.29 is 22.7 Å². The van der Waals surface area contributed by atoms with Gasteiger partial charge in [-0.1, -0.05) is 72.8 Å². The van der Waals surface area contributed by atoms with Crippen molar-refractivity contribution >= 4 is 21.8 Å². The van der Waals surface area contributed by atoms with Crippen molar-refractivity contribution in [1.82, 2.24) is 14.5 Å². The molecular weight excluding hydrogens is 490 g/mol. The normalized spacial score (nSPS) is 12.1. The van der Waals surface area contributed by atoms with Gasteiger partial charge in [-0.3, -0.25) is 9.59 Å². The molecule has 37 heavy (non-hydrogen) atoms. The van der Waals surface area contributed by atoms with Gasteiger partial charge in [0.05, 0.1) is 19.9 Å². The van der Waals surface area contributed by atoms with E-state index in [1.807, 2.05) is 84.9 Å². The van der Waals surface area contributed by atoms with Gasteiger partial charge in [0.15, 0.2) is 0 Å². The summed E-state index contributed by atoms with van der Waals surface area (Å²) in [5.41, 5.74) is 2.60. The number of nitrogens with zero attached hydrogens (tertiary/aromatic N) is 2. The molecule has 0 spiro atoms. The molecular formula is C28H33N3O5S. The van der Waals surface area contributed by atoms with Crippen LogP contribution >= 0.6 is 0 Å². The number of likely N-dealkylation sites (N-methyl/N-ethyl adjacent to an activating group) is 1. The molecule has 0 saturated carbocycles. The summed E-state index contributed by atoms with van der Waals surface area (Å²) in [6.07, 6.45) is 1.32. The monoisotopic (exact) mass is 523 g/mol. The van der Waals surface area contributed by atoms with Crippen LogP contribution in [0.5, 0.6) is 5.75 Å². The zero-order valence-corrected chi connectivity index (χ0v) is 22.1. The molecule has 1 N–H and O–H groups in total. The quantitative estimate of drug-likeness (QED) is 0.394. The van der Waals surface area contributed by atoms with Crippen LogP contribution in [0.4, 0.5) is 0 Å². The van der Waals surface area contributed by atoms with Crippen LogP contribution in [0.15, 0.2) is 84.9 Å². The number of nitrogens with one attached hydrogen (secondary N) is 1. The summed E-state index contributed by atoms with van der Waals surface area (Å²) in [7, 11) is -0.647. The zero-order valence-electron chi connectivity index (χ0n) is 21.3. The number of methoxy groups -OCH3 is 1. The van der Waals surface area contributed by atoms with Crippen LogP contribution < -0.4 is 10.1 Å². The lowest BCUT2D eigenvalue weighted by Gasteiger charge is -2.32. The minimum absolute atomic E-state index is 0.157. The summed E-state index contributed by atoms with van der Waals surface area (Å²) in [6, 6.07) is 25.3. The molecule has 0 unspecified atom stereocenters. The van der Waals surface area contributed by atoms with Gasteiger partial charge >= 0.3 is 0 Å². The van der Waals surface area contributed by atoms with Gasteiger partial charge in [0.25, 0.3) is 0 Å². The highest BCUT2D eigenvalue weighted by atomic mass is 32.2. The molecule has 0 fully saturated rings. The Balaban J connectivity index is 1.91. The van der Waals surface area contributed by atoms with Crippen LogP contribution in [0.25, 0.3) is 0 Å². The summed E-state index contributed by atoms with van der Waals surface area (Å²) in [5, 5.41) is 2.96. The Morgan fingerprint density at radius 1 is 0.865 bits per heavy atom. The van der Waals surface area contributed by atoms with Crippen LogP contribution in [0.3, 0.4) is 0 Å². The third-order valence-electron chi connectivity index (χ3n) is 6.02. The second-order valence-electron chi connectivity index (χ2n) is 8.80. The van der Waals surface area contributed by atoms with Gasteiger partial charge in [-0.25, -0.2) is 8.42 Å². The Kier molecular flexibility index (Phi) is 9.82. The maximum absolute atomic E-state index is 13.6. The minimum atomic E-state index is -3.59. The van der Waals surface area contributed by atoms with Gasteiger partial charge < -0.3 is 15.0 Å². The predicted octanol–water partition coefficient (Wildman–Crippen LogP) is 2.84. The third kappa shape index (κ3) is 8.44. The molecule has 3 rings (SSSR count). The Morgan fingerprint density at radius 2 is 1.43 bits per heavy atom. The SMILES string of the molecule is COc1ccc(CNC(=O)[C@@H](Cc2ccccc2)N(Cc2ccccc2)C(=O)CN(C)S(C)(=O)=O)cc1. The summed E-state index contributed by atoms with van der Waals surface area (Å²) < 4.78 is 30.2. The van der Waals surface area contributed by atoms with Crippen LogP contribution in [-0.4, -0.2) is 62.4 Å². The lowest BCUT2D eigenvalue weighted by Crippen LogP contribution is -2.52. The molecule has 8 nitrogen and oxygen atoms in total. The maximum Gasteiger partial charge on any atom is 0.243 e. The van der Waals surface area contributed by atoms with Crippen molar-refractivity contribution in [3.63, 3.8) is 0 Å². The summed E-state index contributed by atoms with van der Waals surface area (Å²) in [4.78, 5) is 28.6. The van der Waals surface area contributed by atoms with Crippen molar-refractivity contribution in [1.29, 1.82) is 0 Å². The highest BCUT2D eigenvalue weighted by Crippen LogP contribution is 2.16. The number of benzene rings is 3. The fourth-order valence-corrected chi connectivity index (χ4v) is 4.13. The maximum atomic E-state index is 13.6. The zero-order chi connectivity index (χ0) is 26.8. The van der Waals surface area contributed by atoms with E-state index in [0.29, 0.717) is 5.75 Å². The number of carbonyl (C=O) groups is 2. The Bertz CT molecular complexity index is 1270. The molecule has 0 bridgehead atoms. The molecule has 9 heteroatoms. The second-order valence-corrected chi connectivity index (χ2v) is 10.9. The van der Waals surface area contributed by atoms with Gasteiger partial charge in [-0.05, 0) is 28.8 Å². The van der Waals surface area contributed by atoms with E-state index in [1.165, 1.54) is 11.9 Å². The molecule has 2 amide bonds. The third-order valence-corrected chi connectivity index (χ3v) is 7.28. The summed E-state index contributed by atoms with van der Waals surface area (Å²) >= 11 is 0. The van der Waals surface area contributed by atoms with Crippen LogP contribution in [0.2, 0.25) is 0 Å². The molecule has 196 valence electrons. The molecule has 0 heterocycles. The average Bonchev–Trinajstić information content (AvgIpc) is 2.90. The Labute approximate surface area is 218 Å². The highest BCUT2D eigenvalue weighted by Gasteiger charge is 2.31. The van der Waals surface area contributed by atoms with E-state index in [1.54, 1.807) is 7.11 Å². The number of ether oxygens (including phenoxy) is 1. The molecule has 3 aromatic rings. The Hall–Kier alpha value is -3.69. The molecule has 3 aromatic carbocycles. The highest BCUT2D eigenvalue weighted by molar-refractivity contribution is 7.88. The molecule has 0 aliphatic rings. The predicted molar refractivity (Wildman–Crippen MR) is 143 cm³/mol. The first kappa shape index (κ1) is 27.9. The fourth-order valence-electron chi connectivity index (χ4n) is 3.78. The number of sulfonamides is 1. The molecule has 0 aromatic heterocycles. The first-order chi connectivity index (χ1) is 17.7. The van der Waals surface area contributed by atoms with Crippen LogP contribution in [0, 0.1) is 0 Å². The molecule has 0 radical (unpaired) electrons. The van der Waals surface area contributed by atoms with Crippen molar-refractivity contribution in [3.8, 4) is 5.75 Å². The topological polar surface area (TPSA) is 96.0 Å². The largest absolute Gasteiger partial charge is 0.497 e. The minimum Gasteiger partial charge on any atom is -0.497 e. The number of carbonyl (C=O) groups excluding carboxylic acids is 2. The van der Waals surface area contributed by atoms with Gasteiger partial charge in [0.1, 0.15) is 11.8 Å². The first-order valence-corrected chi connectivity index (χ1v) is 13.7. The molecule has 1 atom stereocenters. The van der Waals surface area contributed by atoms with E-state index in [0.717, 1.165) is 27.3 Å². The fraction of sp³-hybridized carbons (Fsp3) is 0.286. The van der Waals surface area contributed by atoms with Crippen molar-refractivity contribution in [2.75, 3.05) is 27.0 Å².